The molecule has 5 nitrogen and oxygen atoms in total. The summed E-state index contributed by atoms with van der Waals surface area (Å²) in [7, 11) is 1.56. The van der Waals surface area contributed by atoms with E-state index < -0.39 is 22.7 Å². The molecule has 3 aliphatic rings. The van der Waals surface area contributed by atoms with Gasteiger partial charge < -0.3 is 4.74 Å². The van der Waals surface area contributed by atoms with Crippen molar-refractivity contribution in [3.05, 3.63) is 96.1 Å². The van der Waals surface area contributed by atoms with Crippen molar-refractivity contribution in [2.24, 2.45) is 22.7 Å². The number of Topliss-reactive ketones (excluding diaryl/α,β-unsaturated/α-hetero) is 1. The zero-order valence-corrected chi connectivity index (χ0v) is 21.2. The van der Waals surface area contributed by atoms with Gasteiger partial charge in [-0.2, -0.15) is 0 Å². The molecule has 2 bridgehead atoms. The highest BCUT2D eigenvalue weighted by Gasteiger charge is 2.80. The Labute approximate surface area is 216 Å². The van der Waals surface area contributed by atoms with Crippen LogP contribution in [0.5, 0.6) is 5.75 Å². The largest absolute Gasteiger partial charge is 0.497 e. The predicted octanol–water partition coefficient (Wildman–Crippen LogP) is 5.80. The van der Waals surface area contributed by atoms with Crippen LogP contribution in [0, 0.1) is 22.7 Å². The van der Waals surface area contributed by atoms with E-state index in [1.54, 1.807) is 31.4 Å². The minimum Gasteiger partial charge on any atom is -0.497 e. The molecule has 6 rings (SSSR count). The molecule has 1 aliphatic heterocycles. The zero-order valence-electron chi connectivity index (χ0n) is 21.2. The number of methoxy groups -OCH3 is 1. The lowest BCUT2D eigenvalue weighted by atomic mass is 9.61. The number of ether oxygens (including phenoxy) is 1. The van der Waals surface area contributed by atoms with Crippen LogP contribution in [0.4, 0.5) is 5.69 Å². The summed E-state index contributed by atoms with van der Waals surface area (Å²) in [5.41, 5.74) is 1.94. The van der Waals surface area contributed by atoms with E-state index >= 15 is 0 Å². The van der Waals surface area contributed by atoms with Crippen LogP contribution in [-0.4, -0.2) is 24.7 Å². The molecular formula is C32H29NO4. The van der Waals surface area contributed by atoms with Crippen molar-refractivity contribution in [3.63, 3.8) is 0 Å². The first kappa shape index (κ1) is 23.4. The van der Waals surface area contributed by atoms with Crippen molar-refractivity contribution in [1.29, 1.82) is 0 Å². The van der Waals surface area contributed by atoms with E-state index in [1.807, 2.05) is 74.5 Å². The highest BCUT2D eigenvalue weighted by molar-refractivity contribution is 6.34. The number of benzene rings is 3. The standard InChI is InChI=1S/C32H29NO4/c1-4-18-32-25(21-14-9-6-10-15-21)24(20-12-7-5-8-13-20)31(2,30(32)36)26-27(32)29(35)33(28(26)34)22-16-11-17-23(19-22)37-3/h5-17,19,26-27H,4,18H2,1-3H3/t26-,27+,31+,32-/m1/s1. The van der Waals surface area contributed by atoms with E-state index in [4.69, 9.17) is 4.74 Å². The third-order valence-corrected chi connectivity index (χ3v) is 8.63. The number of allylic oxidation sites excluding steroid dienone is 2. The Kier molecular flexibility index (Phi) is 5.23. The normalized spacial score (nSPS) is 28.3. The number of fused-ring (bicyclic) bond motifs is 5. The Balaban J connectivity index is 1.64. The van der Waals surface area contributed by atoms with Crippen molar-refractivity contribution in [3.8, 4) is 5.75 Å². The summed E-state index contributed by atoms with van der Waals surface area (Å²) >= 11 is 0. The van der Waals surface area contributed by atoms with E-state index in [1.165, 1.54) is 4.90 Å². The molecule has 37 heavy (non-hydrogen) atoms. The van der Waals surface area contributed by atoms with Gasteiger partial charge in [0.2, 0.25) is 11.8 Å². The minimum atomic E-state index is -1.12. The zero-order chi connectivity index (χ0) is 25.9. The number of carbonyl (C=O) groups excluding carboxylic acids is 3. The Morgan fingerprint density at radius 2 is 1.38 bits per heavy atom. The van der Waals surface area contributed by atoms with Gasteiger partial charge in [0.1, 0.15) is 5.75 Å². The first-order valence-corrected chi connectivity index (χ1v) is 12.8. The Morgan fingerprint density at radius 3 is 1.97 bits per heavy atom. The molecule has 3 aromatic rings. The summed E-state index contributed by atoms with van der Waals surface area (Å²) in [4.78, 5) is 44.4. The molecule has 2 fully saturated rings. The molecule has 0 N–H and O–H groups in total. The molecule has 1 saturated carbocycles. The summed E-state index contributed by atoms with van der Waals surface area (Å²) in [6.45, 7) is 3.93. The lowest BCUT2D eigenvalue weighted by Gasteiger charge is -2.37. The number of ketones is 1. The maximum atomic E-state index is 14.6. The molecule has 2 amide bonds. The van der Waals surface area contributed by atoms with Gasteiger partial charge in [-0.1, -0.05) is 80.1 Å². The summed E-state index contributed by atoms with van der Waals surface area (Å²) < 4.78 is 5.37. The van der Waals surface area contributed by atoms with Gasteiger partial charge in [-0.3, -0.25) is 14.4 Å². The van der Waals surface area contributed by atoms with E-state index in [2.05, 4.69) is 0 Å². The van der Waals surface area contributed by atoms with Crippen LogP contribution < -0.4 is 9.64 Å². The lowest BCUT2D eigenvalue weighted by Crippen LogP contribution is -2.41. The number of carbonyl (C=O) groups is 3. The minimum absolute atomic E-state index is 0.00143. The fourth-order valence-electron chi connectivity index (χ4n) is 7.36. The maximum absolute atomic E-state index is 14.6. The second kappa shape index (κ2) is 8.27. The number of hydrogen-bond acceptors (Lipinski definition) is 4. The Morgan fingerprint density at radius 1 is 0.784 bits per heavy atom. The molecule has 0 aromatic heterocycles. The highest BCUT2D eigenvalue weighted by atomic mass is 16.5. The number of rotatable bonds is 6. The summed E-state index contributed by atoms with van der Waals surface area (Å²) in [6.07, 6.45) is 1.22. The Hall–Kier alpha value is -3.99. The maximum Gasteiger partial charge on any atom is 0.239 e. The molecule has 2 aliphatic carbocycles. The molecule has 1 heterocycles. The van der Waals surface area contributed by atoms with Crippen LogP contribution in [0.15, 0.2) is 84.9 Å². The molecule has 3 aromatic carbocycles. The fourth-order valence-corrected chi connectivity index (χ4v) is 7.36. The van der Waals surface area contributed by atoms with Crippen molar-refractivity contribution in [2.45, 2.75) is 26.7 Å². The van der Waals surface area contributed by atoms with Gasteiger partial charge in [0.15, 0.2) is 5.78 Å². The smallest absolute Gasteiger partial charge is 0.239 e. The molecule has 0 spiro atoms. The number of anilines is 1. The van der Waals surface area contributed by atoms with Crippen LogP contribution in [-0.2, 0) is 14.4 Å². The van der Waals surface area contributed by atoms with Gasteiger partial charge in [0, 0.05) is 6.07 Å². The van der Waals surface area contributed by atoms with Crippen LogP contribution in [0.3, 0.4) is 0 Å². The second-order valence-corrected chi connectivity index (χ2v) is 10.4. The molecule has 186 valence electrons. The van der Waals surface area contributed by atoms with Gasteiger partial charge >= 0.3 is 0 Å². The van der Waals surface area contributed by atoms with Crippen molar-refractivity contribution in [1.82, 2.24) is 0 Å². The van der Waals surface area contributed by atoms with Gasteiger partial charge in [0.25, 0.3) is 0 Å². The lowest BCUT2D eigenvalue weighted by molar-refractivity contribution is -0.134. The van der Waals surface area contributed by atoms with E-state index in [9.17, 15) is 14.4 Å². The quantitative estimate of drug-likeness (QED) is 0.409. The predicted molar refractivity (Wildman–Crippen MR) is 143 cm³/mol. The third-order valence-electron chi connectivity index (χ3n) is 8.63. The molecule has 5 heteroatoms. The molecule has 0 radical (unpaired) electrons. The van der Waals surface area contributed by atoms with Gasteiger partial charge in [-0.25, -0.2) is 4.90 Å². The van der Waals surface area contributed by atoms with Crippen LogP contribution >= 0.6 is 0 Å². The Bertz CT molecular complexity index is 1460. The second-order valence-electron chi connectivity index (χ2n) is 10.4. The monoisotopic (exact) mass is 491 g/mol. The summed E-state index contributed by atoms with van der Waals surface area (Å²) in [6, 6.07) is 26.8. The molecular weight excluding hydrogens is 462 g/mol. The SMILES string of the molecule is CCC[C@@]12C(=O)[C@@](C)(C(c3ccccc3)=C1c1ccccc1)[C@H]1C(=O)N(c3cccc(OC)c3)C(=O)[C@H]12. The average molecular weight is 492 g/mol. The average Bonchev–Trinajstić information content (AvgIpc) is 3.39. The first-order valence-electron chi connectivity index (χ1n) is 12.8. The number of nitrogens with zero attached hydrogens (tertiary/aromatic N) is 1. The van der Waals surface area contributed by atoms with E-state index in [-0.39, 0.29) is 17.6 Å². The topological polar surface area (TPSA) is 63.7 Å². The van der Waals surface area contributed by atoms with Crippen molar-refractivity contribution in [2.75, 3.05) is 12.0 Å². The number of amides is 2. The van der Waals surface area contributed by atoms with Crippen molar-refractivity contribution < 1.29 is 19.1 Å². The van der Waals surface area contributed by atoms with Gasteiger partial charge in [-0.15, -0.1) is 0 Å². The number of hydrogen-bond donors (Lipinski definition) is 0. The summed E-state index contributed by atoms with van der Waals surface area (Å²) in [5.74, 6) is -1.54. The molecule has 0 unspecified atom stereocenters. The molecule has 4 atom stereocenters. The van der Waals surface area contributed by atoms with Gasteiger partial charge in [-0.05, 0) is 47.8 Å². The van der Waals surface area contributed by atoms with Crippen LogP contribution in [0.2, 0.25) is 0 Å². The van der Waals surface area contributed by atoms with E-state index in [0.29, 0.717) is 24.3 Å². The van der Waals surface area contributed by atoms with Crippen LogP contribution in [0.25, 0.3) is 11.1 Å². The van der Waals surface area contributed by atoms with E-state index in [0.717, 1.165) is 22.3 Å². The fraction of sp³-hybridized carbons (Fsp3) is 0.281. The van der Waals surface area contributed by atoms with Crippen molar-refractivity contribution >= 4 is 34.4 Å². The number of imide groups is 1. The van der Waals surface area contributed by atoms with Gasteiger partial charge in [0.05, 0.1) is 35.5 Å². The van der Waals surface area contributed by atoms with Crippen LogP contribution in [0.1, 0.15) is 37.8 Å². The summed E-state index contributed by atoms with van der Waals surface area (Å²) in [5, 5.41) is 0. The third kappa shape index (κ3) is 2.88. The first-order chi connectivity index (χ1) is 17.9. The highest BCUT2D eigenvalue weighted by Crippen LogP contribution is 2.75. The molecule has 1 saturated heterocycles.